The number of anilines is 1. The lowest BCUT2D eigenvalue weighted by Gasteiger charge is -2.06. The van der Waals surface area contributed by atoms with Crippen molar-refractivity contribution in [3.63, 3.8) is 0 Å². The van der Waals surface area contributed by atoms with Crippen molar-refractivity contribution in [3.8, 4) is 0 Å². The SMILES string of the molecule is CCOC(=O)c1c(NS(=O)(=O)CCl)sc(C(=O)OC)c1C. The molecule has 0 aromatic carbocycles. The molecule has 0 bridgehead atoms. The van der Waals surface area contributed by atoms with E-state index < -0.39 is 27.2 Å². The van der Waals surface area contributed by atoms with Crippen molar-refractivity contribution in [2.24, 2.45) is 0 Å². The molecule has 0 spiro atoms. The fraction of sp³-hybridized carbons (Fsp3) is 0.455. The minimum atomic E-state index is -3.81. The highest BCUT2D eigenvalue weighted by Gasteiger charge is 2.28. The number of hydrogen-bond acceptors (Lipinski definition) is 7. The lowest BCUT2D eigenvalue weighted by atomic mass is 10.1. The maximum absolute atomic E-state index is 11.9. The van der Waals surface area contributed by atoms with Crippen molar-refractivity contribution in [1.82, 2.24) is 0 Å². The van der Waals surface area contributed by atoms with E-state index in [0.29, 0.717) is 0 Å². The first-order valence-electron chi connectivity index (χ1n) is 5.72. The highest BCUT2D eigenvalue weighted by molar-refractivity contribution is 7.94. The number of rotatable bonds is 6. The number of nitrogens with one attached hydrogen (secondary N) is 1. The third kappa shape index (κ3) is 4.08. The fourth-order valence-electron chi connectivity index (χ4n) is 1.49. The summed E-state index contributed by atoms with van der Waals surface area (Å²) in [6.07, 6.45) is 0. The van der Waals surface area contributed by atoms with Gasteiger partial charge in [-0.25, -0.2) is 18.0 Å². The second-order valence-electron chi connectivity index (χ2n) is 3.80. The van der Waals surface area contributed by atoms with Gasteiger partial charge in [0.1, 0.15) is 15.1 Å². The Morgan fingerprint density at radius 3 is 2.43 bits per heavy atom. The molecule has 7 nitrogen and oxygen atoms in total. The summed E-state index contributed by atoms with van der Waals surface area (Å²) in [5, 5.41) is -0.702. The van der Waals surface area contributed by atoms with Crippen LogP contribution >= 0.6 is 22.9 Å². The molecule has 0 amide bonds. The molecule has 1 N–H and O–H groups in total. The second kappa shape index (κ2) is 7.10. The van der Waals surface area contributed by atoms with Crippen LogP contribution in [0.3, 0.4) is 0 Å². The summed E-state index contributed by atoms with van der Waals surface area (Å²) < 4.78 is 34.7. The van der Waals surface area contributed by atoms with Crippen LogP contribution in [0.1, 0.15) is 32.5 Å². The smallest absolute Gasteiger partial charge is 0.348 e. The van der Waals surface area contributed by atoms with Gasteiger partial charge in [-0.15, -0.1) is 22.9 Å². The van der Waals surface area contributed by atoms with E-state index in [1.54, 1.807) is 6.92 Å². The molecule has 0 aliphatic rings. The van der Waals surface area contributed by atoms with Crippen LogP contribution in [0.15, 0.2) is 0 Å². The van der Waals surface area contributed by atoms with Crippen LogP contribution in [-0.4, -0.2) is 39.3 Å². The predicted octanol–water partition coefficient (Wildman–Crippen LogP) is 1.96. The molecule has 10 heteroatoms. The van der Waals surface area contributed by atoms with E-state index in [2.05, 4.69) is 9.46 Å². The third-order valence-corrected chi connectivity index (χ3v) is 5.37. The summed E-state index contributed by atoms with van der Waals surface area (Å²) in [7, 11) is -2.62. The molecule has 0 fully saturated rings. The first kappa shape index (κ1) is 17.7. The van der Waals surface area contributed by atoms with Gasteiger partial charge in [-0.05, 0) is 19.4 Å². The number of hydrogen-bond donors (Lipinski definition) is 1. The zero-order valence-electron chi connectivity index (χ0n) is 11.6. The molecule has 1 aromatic rings. The molecular formula is C11H14ClNO6S2. The number of esters is 2. The Kier molecular flexibility index (Phi) is 5.99. The predicted molar refractivity (Wildman–Crippen MR) is 79.6 cm³/mol. The highest BCUT2D eigenvalue weighted by Crippen LogP contribution is 2.35. The summed E-state index contributed by atoms with van der Waals surface area (Å²) in [6, 6.07) is 0. The normalized spacial score (nSPS) is 11.0. The van der Waals surface area contributed by atoms with Crippen molar-refractivity contribution < 1.29 is 27.5 Å². The molecule has 21 heavy (non-hydrogen) atoms. The van der Waals surface area contributed by atoms with E-state index in [0.717, 1.165) is 11.3 Å². The second-order valence-corrected chi connectivity index (χ2v) is 7.13. The van der Waals surface area contributed by atoms with E-state index in [1.807, 2.05) is 0 Å². The minimum Gasteiger partial charge on any atom is -0.465 e. The van der Waals surface area contributed by atoms with Crippen molar-refractivity contribution in [1.29, 1.82) is 0 Å². The standard InChI is InChI=1S/C11H14ClNO6S2/c1-4-19-10(14)7-6(2)8(11(15)18-3)20-9(7)13-21(16,17)5-12/h13H,4-5H2,1-3H3. The van der Waals surface area contributed by atoms with Crippen molar-refractivity contribution in [3.05, 3.63) is 16.0 Å². The van der Waals surface area contributed by atoms with Crippen molar-refractivity contribution in [2.45, 2.75) is 13.8 Å². The van der Waals surface area contributed by atoms with Gasteiger partial charge < -0.3 is 9.47 Å². The van der Waals surface area contributed by atoms with Crippen molar-refractivity contribution in [2.75, 3.05) is 23.7 Å². The number of alkyl halides is 1. The number of ether oxygens (including phenoxy) is 2. The Balaban J connectivity index is 3.39. The maximum atomic E-state index is 11.9. The van der Waals surface area contributed by atoms with Gasteiger partial charge in [-0.1, -0.05) is 0 Å². The van der Waals surface area contributed by atoms with Gasteiger partial charge in [0, 0.05) is 0 Å². The molecule has 118 valence electrons. The molecule has 0 atom stereocenters. The Bertz CT molecular complexity index is 652. The average Bonchev–Trinajstić information content (AvgIpc) is 2.74. The first-order chi connectivity index (χ1) is 9.77. The van der Waals surface area contributed by atoms with Crippen LogP contribution in [0.5, 0.6) is 0 Å². The third-order valence-electron chi connectivity index (χ3n) is 2.39. The molecule has 0 saturated carbocycles. The molecule has 0 aliphatic carbocycles. The van der Waals surface area contributed by atoms with Gasteiger partial charge in [0.05, 0.1) is 19.3 Å². The molecule has 0 saturated heterocycles. The average molecular weight is 356 g/mol. The lowest BCUT2D eigenvalue weighted by molar-refractivity contribution is 0.0527. The van der Waals surface area contributed by atoms with Gasteiger partial charge in [-0.3, -0.25) is 4.72 Å². The van der Waals surface area contributed by atoms with E-state index >= 15 is 0 Å². The summed E-state index contributed by atoms with van der Waals surface area (Å²) in [6.45, 7) is 3.24. The topological polar surface area (TPSA) is 98.8 Å². The Hall–Kier alpha value is -1.32. The van der Waals surface area contributed by atoms with E-state index in [1.165, 1.54) is 14.0 Å². The van der Waals surface area contributed by atoms with Gasteiger partial charge in [-0.2, -0.15) is 0 Å². The van der Waals surface area contributed by atoms with Gasteiger partial charge in [0.15, 0.2) is 0 Å². The largest absolute Gasteiger partial charge is 0.465 e. The van der Waals surface area contributed by atoms with Crippen LogP contribution in [0, 0.1) is 6.92 Å². The molecule has 1 heterocycles. The summed E-state index contributed by atoms with van der Waals surface area (Å²) in [5.41, 5.74) is 0.272. The quantitative estimate of drug-likeness (QED) is 0.618. The van der Waals surface area contributed by atoms with Crippen LogP contribution in [0.25, 0.3) is 0 Å². The number of thiophene rings is 1. The lowest BCUT2D eigenvalue weighted by Crippen LogP contribution is -2.16. The van der Waals surface area contributed by atoms with E-state index in [4.69, 9.17) is 16.3 Å². The first-order valence-corrected chi connectivity index (χ1v) is 8.73. The van der Waals surface area contributed by atoms with Gasteiger partial charge >= 0.3 is 11.9 Å². The number of carbonyl (C=O) groups is 2. The van der Waals surface area contributed by atoms with E-state index in [9.17, 15) is 18.0 Å². The minimum absolute atomic E-state index is 0.0176. The van der Waals surface area contributed by atoms with E-state index in [-0.39, 0.29) is 27.6 Å². The number of carbonyl (C=O) groups excluding carboxylic acids is 2. The van der Waals surface area contributed by atoms with Gasteiger partial charge in [0.25, 0.3) is 0 Å². The number of halogens is 1. The maximum Gasteiger partial charge on any atom is 0.348 e. The monoisotopic (exact) mass is 355 g/mol. The fourth-order valence-corrected chi connectivity index (χ4v) is 3.61. The summed E-state index contributed by atoms with van der Waals surface area (Å²) >= 11 is 6.11. The Morgan fingerprint density at radius 1 is 1.33 bits per heavy atom. The van der Waals surface area contributed by atoms with Crippen LogP contribution in [0.4, 0.5) is 5.00 Å². The Labute approximate surface area is 131 Å². The van der Waals surface area contributed by atoms with Crippen LogP contribution < -0.4 is 4.72 Å². The highest BCUT2D eigenvalue weighted by atomic mass is 35.5. The molecule has 0 aliphatic heterocycles. The Morgan fingerprint density at radius 2 is 1.95 bits per heavy atom. The van der Waals surface area contributed by atoms with Gasteiger partial charge in [0.2, 0.25) is 10.0 Å². The zero-order valence-corrected chi connectivity index (χ0v) is 13.9. The molecule has 0 radical (unpaired) electrons. The molecule has 1 aromatic heterocycles. The summed E-state index contributed by atoms with van der Waals surface area (Å²) in [5.74, 6) is -1.40. The molecule has 0 unspecified atom stereocenters. The molecule has 1 rings (SSSR count). The number of methoxy groups -OCH3 is 1. The molecular weight excluding hydrogens is 342 g/mol. The van der Waals surface area contributed by atoms with Crippen LogP contribution in [-0.2, 0) is 19.5 Å². The summed E-state index contributed by atoms with van der Waals surface area (Å²) in [4.78, 5) is 23.7. The zero-order chi connectivity index (χ0) is 16.2. The number of sulfonamides is 1. The van der Waals surface area contributed by atoms with Crippen molar-refractivity contribution >= 4 is 49.9 Å². The van der Waals surface area contributed by atoms with Crippen LogP contribution in [0.2, 0.25) is 0 Å².